The molecule has 7 heteroatoms. The molecule has 0 aromatic heterocycles. The Morgan fingerprint density at radius 2 is 1.88 bits per heavy atom. The summed E-state index contributed by atoms with van der Waals surface area (Å²) in [5.74, 6) is -1.90. The number of nitrogens with one attached hydrogen (secondary N) is 1. The number of sulfone groups is 1. The van der Waals surface area contributed by atoms with E-state index in [1.807, 2.05) is 6.92 Å². The SMILES string of the molecule is CCc1ccc(S(C)(=O)=O)cc1C(=O)N[C@H]1CCCCC[C@H]1C(=O)O. The fourth-order valence-corrected chi connectivity index (χ4v) is 3.98. The lowest BCUT2D eigenvalue weighted by Gasteiger charge is -2.23. The highest BCUT2D eigenvalue weighted by molar-refractivity contribution is 7.90. The summed E-state index contributed by atoms with van der Waals surface area (Å²) in [7, 11) is -3.42. The summed E-state index contributed by atoms with van der Waals surface area (Å²) < 4.78 is 23.5. The van der Waals surface area contributed by atoms with Crippen molar-refractivity contribution in [3.05, 3.63) is 29.3 Å². The van der Waals surface area contributed by atoms with E-state index in [4.69, 9.17) is 0 Å². The summed E-state index contributed by atoms with van der Waals surface area (Å²) in [5, 5.41) is 12.3. The van der Waals surface area contributed by atoms with Crippen molar-refractivity contribution >= 4 is 21.7 Å². The van der Waals surface area contributed by atoms with Gasteiger partial charge in [-0.2, -0.15) is 0 Å². The van der Waals surface area contributed by atoms with Gasteiger partial charge in [0.25, 0.3) is 5.91 Å². The van der Waals surface area contributed by atoms with Gasteiger partial charge < -0.3 is 10.4 Å². The number of aryl methyl sites for hydroxylation is 1. The van der Waals surface area contributed by atoms with Crippen molar-refractivity contribution in [3.63, 3.8) is 0 Å². The van der Waals surface area contributed by atoms with Gasteiger partial charge in [0.05, 0.1) is 10.8 Å². The summed E-state index contributed by atoms with van der Waals surface area (Å²) in [4.78, 5) is 24.4. The van der Waals surface area contributed by atoms with Crippen molar-refractivity contribution in [2.75, 3.05) is 6.26 Å². The maximum atomic E-state index is 12.8. The van der Waals surface area contributed by atoms with E-state index >= 15 is 0 Å². The van der Waals surface area contributed by atoms with E-state index in [1.165, 1.54) is 12.1 Å². The molecule has 1 saturated carbocycles. The number of amides is 1. The average Bonchev–Trinajstić information content (AvgIpc) is 2.78. The minimum atomic E-state index is -3.42. The van der Waals surface area contributed by atoms with Gasteiger partial charge in [-0.25, -0.2) is 8.42 Å². The van der Waals surface area contributed by atoms with Crippen LogP contribution in [0.5, 0.6) is 0 Å². The van der Waals surface area contributed by atoms with Crippen LogP contribution in [0.1, 0.15) is 54.9 Å². The molecule has 1 aliphatic rings. The Hall–Kier alpha value is -1.89. The standard InChI is InChI=1S/C18H25NO5S/c1-3-12-9-10-13(25(2,23)24)11-15(12)17(20)19-16-8-6-4-5-7-14(16)18(21)22/h9-11,14,16H,3-8H2,1-2H3,(H,19,20)(H,21,22)/t14-,16+/m1/s1. The summed E-state index contributed by atoms with van der Waals surface area (Å²) in [6.45, 7) is 1.89. The van der Waals surface area contributed by atoms with Crippen molar-refractivity contribution in [1.29, 1.82) is 0 Å². The molecule has 0 spiro atoms. The van der Waals surface area contributed by atoms with Crippen LogP contribution in [-0.4, -0.2) is 37.7 Å². The fraction of sp³-hybridized carbons (Fsp3) is 0.556. The normalized spacial score (nSPS) is 21.4. The molecule has 138 valence electrons. The minimum absolute atomic E-state index is 0.0884. The Bertz CT molecular complexity index is 757. The second-order valence-corrected chi connectivity index (χ2v) is 8.62. The van der Waals surface area contributed by atoms with Crippen molar-refractivity contribution in [3.8, 4) is 0 Å². The molecular weight excluding hydrogens is 342 g/mol. The molecule has 6 nitrogen and oxygen atoms in total. The Morgan fingerprint density at radius 1 is 1.20 bits per heavy atom. The second-order valence-electron chi connectivity index (χ2n) is 6.61. The molecule has 2 N–H and O–H groups in total. The predicted octanol–water partition coefficient (Wildman–Crippen LogP) is 2.42. The lowest BCUT2D eigenvalue weighted by molar-refractivity contribution is -0.142. The first-order valence-corrected chi connectivity index (χ1v) is 10.5. The lowest BCUT2D eigenvalue weighted by atomic mass is 9.94. The molecule has 1 aromatic rings. The van der Waals surface area contributed by atoms with Crippen LogP contribution in [0.15, 0.2) is 23.1 Å². The minimum Gasteiger partial charge on any atom is -0.481 e. The first kappa shape index (κ1) is 19.4. The van der Waals surface area contributed by atoms with Crippen LogP contribution in [0, 0.1) is 5.92 Å². The molecule has 1 aromatic carbocycles. The highest BCUT2D eigenvalue weighted by Crippen LogP contribution is 2.25. The zero-order chi connectivity index (χ0) is 18.6. The zero-order valence-corrected chi connectivity index (χ0v) is 15.4. The van der Waals surface area contributed by atoms with Crippen LogP contribution in [0.25, 0.3) is 0 Å². The number of carboxylic acids is 1. The molecule has 0 unspecified atom stereocenters. The van der Waals surface area contributed by atoms with Crippen LogP contribution in [0.2, 0.25) is 0 Å². The predicted molar refractivity (Wildman–Crippen MR) is 94.4 cm³/mol. The monoisotopic (exact) mass is 367 g/mol. The zero-order valence-electron chi connectivity index (χ0n) is 14.6. The summed E-state index contributed by atoms with van der Waals surface area (Å²) >= 11 is 0. The van der Waals surface area contributed by atoms with E-state index in [1.54, 1.807) is 6.07 Å². The molecular formula is C18H25NO5S. The third-order valence-electron chi connectivity index (χ3n) is 4.78. The fourth-order valence-electron chi connectivity index (χ4n) is 3.33. The molecule has 2 atom stereocenters. The number of carbonyl (C=O) groups excluding carboxylic acids is 1. The van der Waals surface area contributed by atoms with Gasteiger partial charge in [-0.1, -0.05) is 32.3 Å². The van der Waals surface area contributed by atoms with Gasteiger partial charge in [-0.15, -0.1) is 0 Å². The Labute approximate surface area is 148 Å². The van der Waals surface area contributed by atoms with Gasteiger partial charge in [0.15, 0.2) is 9.84 Å². The van der Waals surface area contributed by atoms with Crippen molar-refractivity contribution < 1.29 is 23.1 Å². The van der Waals surface area contributed by atoms with Crippen LogP contribution in [-0.2, 0) is 21.1 Å². The van der Waals surface area contributed by atoms with Crippen molar-refractivity contribution in [2.24, 2.45) is 5.92 Å². The number of aliphatic carboxylic acids is 1. The van der Waals surface area contributed by atoms with Crippen LogP contribution >= 0.6 is 0 Å². The highest BCUT2D eigenvalue weighted by atomic mass is 32.2. The quantitative estimate of drug-likeness (QED) is 0.779. The molecule has 0 bridgehead atoms. The molecule has 1 amide bonds. The summed E-state index contributed by atoms with van der Waals surface area (Å²) in [5.41, 5.74) is 1.05. The number of carboxylic acid groups (broad SMARTS) is 1. The first-order valence-electron chi connectivity index (χ1n) is 8.60. The number of benzene rings is 1. The van der Waals surface area contributed by atoms with Gasteiger partial charge in [-0.3, -0.25) is 9.59 Å². The Balaban J connectivity index is 2.31. The van der Waals surface area contributed by atoms with Crippen LogP contribution in [0.4, 0.5) is 0 Å². The van der Waals surface area contributed by atoms with Crippen LogP contribution < -0.4 is 5.32 Å². The Morgan fingerprint density at radius 3 is 2.48 bits per heavy atom. The summed E-state index contributed by atoms with van der Waals surface area (Å²) in [6.07, 6.45) is 5.52. The molecule has 1 aliphatic carbocycles. The van der Waals surface area contributed by atoms with Gasteiger partial charge in [-0.05, 0) is 37.0 Å². The molecule has 2 rings (SSSR count). The summed E-state index contributed by atoms with van der Waals surface area (Å²) in [6, 6.07) is 4.10. The van der Waals surface area contributed by atoms with Crippen LogP contribution in [0.3, 0.4) is 0 Å². The molecule has 1 fully saturated rings. The number of hydrogen-bond donors (Lipinski definition) is 2. The van der Waals surface area contributed by atoms with E-state index < -0.39 is 33.7 Å². The molecule has 0 radical (unpaired) electrons. The largest absolute Gasteiger partial charge is 0.481 e. The Kier molecular flexibility index (Phi) is 6.21. The van der Waals surface area contributed by atoms with Crippen molar-refractivity contribution in [2.45, 2.75) is 56.4 Å². The van der Waals surface area contributed by atoms with E-state index in [-0.39, 0.29) is 4.90 Å². The molecule has 25 heavy (non-hydrogen) atoms. The third kappa shape index (κ3) is 4.81. The smallest absolute Gasteiger partial charge is 0.308 e. The highest BCUT2D eigenvalue weighted by Gasteiger charge is 2.31. The number of hydrogen-bond acceptors (Lipinski definition) is 4. The van der Waals surface area contributed by atoms with E-state index in [9.17, 15) is 23.1 Å². The topological polar surface area (TPSA) is 101 Å². The van der Waals surface area contributed by atoms with Gasteiger partial charge in [0, 0.05) is 17.9 Å². The molecule has 0 aliphatic heterocycles. The van der Waals surface area contributed by atoms with Gasteiger partial charge in [0.2, 0.25) is 0 Å². The molecule has 0 saturated heterocycles. The van der Waals surface area contributed by atoms with Gasteiger partial charge >= 0.3 is 5.97 Å². The van der Waals surface area contributed by atoms with Crippen molar-refractivity contribution in [1.82, 2.24) is 5.32 Å². The maximum Gasteiger partial charge on any atom is 0.308 e. The number of rotatable bonds is 5. The van der Waals surface area contributed by atoms with E-state index in [0.717, 1.165) is 31.1 Å². The maximum absolute atomic E-state index is 12.8. The third-order valence-corrected chi connectivity index (χ3v) is 5.89. The second kappa shape index (κ2) is 7.99. The average molecular weight is 367 g/mol. The van der Waals surface area contributed by atoms with E-state index in [0.29, 0.717) is 24.8 Å². The van der Waals surface area contributed by atoms with Gasteiger partial charge in [0.1, 0.15) is 0 Å². The molecule has 0 heterocycles. The van der Waals surface area contributed by atoms with E-state index in [2.05, 4.69) is 5.32 Å². The first-order chi connectivity index (χ1) is 11.7. The number of carbonyl (C=O) groups is 2. The lowest BCUT2D eigenvalue weighted by Crippen LogP contribution is -2.43.